The molecule has 12 heteroatoms. The summed E-state index contributed by atoms with van der Waals surface area (Å²) in [4.78, 5) is 39.9. The van der Waals surface area contributed by atoms with Gasteiger partial charge in [-0.2, -0.15) is 0 Å². The van der Waals surface area contributed by atoms with Crippen LogP contribution in [0, 0.1) is 9.49 Å². The summed E-state index contributed by atoms with van der Waals surface area (Å²) in [6, 6.07) is 7.76. The van der Waals surface area contributed by atoms with Crippen LogP contribution in [0.2, 0.25) is 0 Å². The average molecular weight is 725 g/mol. The second-order valence-corrected chi connectivity index (χ2v) is 11.9. The summed E-state index contributed by atoms with van der Waals surface area (Å²) < 4.78 is 23.3. The lowest BCUT2D eigenvalue weighted by molar-refractivity contribution is -0.139. The molecule has 0 saturated heterocycles. The number of aliphatic hydroxyl groups is 2. The maximum Gasteiger partial charge on any atom is 0.247 e. The van der Waals surface area contributed by atoms with Crippen molar-refractivity contribution in [2.45, 2.75) is 51.4 Å². The number of nitrogens with zero attached hydrogens (tertiary/aromatic N) is 1. The van der Waals surface area contributed by atoms with Crippen molar-refractivity contribution in [2.75, 3.05) is 41.0 Å². The molecule has 2 amide bonds. The first kappa shape index (κ1) is 35.1. The van der Waals surface area contributed by atoms with E-state index >= 15 is 0 Å². The van der Waals surface area contributed by atoms with Crippen molar-refractivity contribution in [3.05, 3.63) is 56.7 Å². The summed E-state index contributed by atoms with van der Waals surface area (Å²) in [5.74, 6) is 1.28. The van der Waals surface area contributed by atoms with Gasteiger partial charge in [0.2, 0.25) is 11.8 Å². The van der Waals surface area contributed by atoms with Gasteiger partial charge in [-0.25, -0.2) is 0 Å². The van der Waals surface area contributed by atoms with Gasteiger partial charge in [0.05, 0.1) is 37.5 Å². The molecule has 1 aliphatic carbocycles. The number of halogens is 1. The Morgan fingerprint density at radius 1 is 1.11 bits per heavy atom. The van der Waals surface area contributed by atoms with E-state index in [0.717, 1.165) is 5.56 Å². The number of nitrogens with one attached hydrogen (secondary N) is 1. The number of carbonyl (C=O) groups excluding carboxylic acids is 3. The SMILES string of the molecule is COc1ccc(OC)c(CCN(C(=O)CC(C)C)[C@@H]2CC(C(=O)NCCO)=C[C@H](Oc3c(I)cc(C=O)cc3OC)[C@H]2O)c1. The normalized spacial score (nSPS) is 17.8. The number of aliphatic hydroxyl groups excluding tert-OH is 2. The summed E-state index contributed by atoms with van der Waals surface area (Å²) in [7, 11) is 4.58. The summed E-state index contributed by atoms with van der Waals surface area (Å²) in [5, 5.41) is 23.7. The van der Waals surface area contributed by atoms with Gasteiger partial charge in [-0.3, -0.25) is 14.4 Å². The minimum atomic E-state index is -1.22. The Balaban J connectivity index is 2.04. The number of hydrogen-bond donors (Lipinski definition) is 3. The van der Waals surface area contributed by atoms with Crippen LogP contribution in [0.5, 0.6) is 23.0 Å². The predicted octanol–water partition coefficient (Wildman–Crippen LogP) is 3.16. The molecule has 0 bridgehead atoms. The molecular formula is C32H41IN2O9. The molecule has 2 aromatic rings. The molecular weight excluding hydrogens is 683 g/mol. The third kappa shape index (κ3) is 8.85. The number of rotatable bonds is 15. The Hall–Kier alpha value is -3.36. The molecule has 0 radical (unpaired) electrons. The van der Waals surface area contributed by atoms with Crippen molar-refractivity contribution in [1.82, 2.24) is 10.2 Å². The van der Waals surface area contributed by atoms with E-state index in [0.29, 0.717) is 38.9 Å². The van der Waals surface area contributed by atoms with E-state index in [4.69, 9.17) is 18.9 Å². The fraction of sp³-hybridized carbons (Fsp3) is 0.469. The van der Waals surface area contributed by atoms with E-state index in [1.807, 2.05) is 42.5 Å². The van der Waals surface area contributed by atoms with Crippen molar-refractivity contribution >= 4 is 40.7 Å². The Morgan fingerprint density at radius 2 is 1.84 bits per heavy atom. The van der Waals surface area contributed by atoms with Crippen LogP contribution >= 0.6 is 22.6 Å². The van der Waals surface area contributed by atoms with E-state index in [2.05, 4.69) is 5.32 Å². The highest BCUT2D eigenvalue weighted by Gasteiger charge is 2.41. The first-order valence-electron chi connectivity index (χ1n) is 14.3. The topological polar surface area (TPSA) is 144 Å². The minimum absolute atomic E-state index is 0.0411. The Morgan fingerprint density at radius 3 is 2.45 bits per heavy atom. The minimum Gasteiger partial charge on any atom is -0.497 e. The average Bonchev–Trinajstić information content (AvgIpc) is 3.01. The molecule has 44 heavy (non-hydrogen) atoms. The van der Waals surface area contributed by atoms with E-state index < -0.39 is 24.2 Å². The van der Waals surface area contributed by atoms with E-state index in [1.165, 1.54) is 19.3 Å². The van der Waals surface area contributed by atoms with Crippen LogP contribution in [-0.2, 0) is 16.0 Å². The van der Waals surface area contributed by atoms with E-state index in [-0.39, 0.29) is 55.9 Å². The summed E-state index contributed by atoms with van der Waals surface area (Å²) >= 11 is 2.01. The summed E-state index contributed by atoms with van der Waals surface area (Å²) in [6.45, 7) is 3.90. The van der Waals surface area contributed by atoms with Crippen LogP contribution < -0.4 is 24.3 Å². The number of amides is 2. The largest absolute Gasteiger partial charge is 0.497 e. The molecule has 2 aromatic carbocycles. The lowest BCUT2D eigenvalue weighted by Gasteiger charge is -2.41. The second-order valence-electron chi connectivity index (χ2n) is 10.8. The molecule has 3 rings (SSSR count). The number of methoxy groups -OCH3 is 3. The fourth-order valence-corrected chi connectivity index (χ4v) is 5.85. The molecule has 0 saturated carbocycles. The molecule has 1 aliphatic rings. The maximum absolute atomic E-state index is 13.7. The summed E-state index contributed by atoms with van der Waals surface area (Å²) in [6.07, 6.45) is 0.654. The van der Waals surface area contributed by atoms with Crippen LogP contribution in [-0.4, -0.2) is 92.5 Å². The lowest BCUT2D eigenvalue weighted by atomic mass is 9.87. The van der Waals surface area contributed by atoms with E-state index in [9.17, 15) is 24.6 Å². The van der Waals surface area contributed by atoms with Crippen molar-refractivity contribution in [3.8, 4) is 23.0 Å². The molecule has 0 aromatic heterocycles. The van der Waals surface area contributed by atoms with Crippen molar-refractivity contribution in [1.29, 1.82) is 0 Å². The zero-order chi connectivity index (χ0) is 32.4. The van der Waals surface area contributed by atoms with Crippen molar-refractivity contribution in [2.24, 2.45) is 5.92 Å². The highest BCUT2D eigenvalue weighted by atomic mass is 127. The van der Waals surface area contributed by atoms with Crippen LogP contribution in [0.4, 0.5) is 0 Å². The molecule has 0 aliphatic heterocycles. The van der Waals surface area contributed by atoms with Crippen molar-refractivity contribution in [3.63, 3.8) is 0 Å². The third-order valence-corrected chi connectivity index (χ3v) is 8.07. The molecule has 0 unspecified atom stereocenters. The number of ether oxygens (including phenoxy) is 4. The first-order valence-corrected chi connectivity index (χ1v) is 15.4. The highest BCUT2D eigenvalue weighted by Crippen LogP contribution is 2.37. The van der Waals surface area contributed by atoms with Crippen LogP contribution in [0.25, 0.3) is 0 Å². The van der Waals surface area contributed by atoms with Crippen LogP contribution in [0.3, 0.4) is 0 Å². The van der Waals surface area contributed by atoms with Gasteiger partial charge < -0.3 is 39.4 Å². The van der Waals surface area contributed by atoms with Gasteiger partial charge in [-0.1, -0.05) is 13.8 Å². The number of benzene rings is 2. The molecule has 11 nitrogen and oxygen atoms in total. The third-order valence-electron chi connectivity index (χ3n) is 7.27. The van der Waals surface area contributed by atoms with Crippen molar-refractivity contribution < 1.29 is 43.5 Å². The Bertz CT molecular complexity index is 1350. The summed E-state index contributed by atoms with van der Waals surface area (Å²) in [5.41, 5.74) is 1.51. The van der Waals surface area contributed by atoms with Crippen LogP contribution in [0.15, 0.2) is 42.0 Å². The molecule has 240 valence electrons. The van der Waals surface area contributed by atoms with Gasteiger partial charge in [0, 0.05) is 37.1 Å². The fourth-order valence-electron chi connectivity index (χ4n) is 5.10. The zero-order valence-corrected chi connectivity index (χ0v) is 27.8. The first-order chi connectivity index (χ1) is 21.1. The van der Waals surface area contributed by atoms with Gasteiger partial charge in [0.1, 0.15) is 30.0 Å². The van der Waals surface area contributed by atoms with Gasteiger partial charge in [0.25, 0.3) is 0 Å². The van der Waals surface area contributed by atoms with Gasteiger partial charge in [0.15, 0.2) is 11.5 Å². The van der Waals surface area contributed by atoms with Gasteiger partial charge >= 0.3 is 0 Å². The monoisotopic (exact) mass is 724 g/mol. The number of aldehydes is 1. The molecule has 0 heterocycles. The lowest BCUT2D eigenvalue weighted by Crippen LogP contribution is -2.55. The Labute approximate surface area is 271 Å². The highest BCUT2D eigenvalue weighted by molar-refractivity contribution is 14.1. The zero-order valence-electron chi connectivity index (χ0n) is 25.7. The van der Waals surface area contributed by atoms with Crippen LogP contribution in [0.1, 0.15) is 42.6 Å². The quantitative estimate of drug-likeness (QED) is 0.187. The number of hydrogen-bond acceptors (Lipinski definition) is 9. The predicted molar refractivity (Wildman–Crippen MR) is 173 cm³/mol. The molecule has 0 spiro atoms. The maximum atomic E-state index is 13.7. The smallest absolute Gasteiger partial charge is 0.247 e. The Kier molecular flexibility index (Phi) is 13.3. The second kappa shape index (κ2) is 16.6. The van der Waals surface area contributed by atoms with Gasteiger partial charge in [-0.05, 0) is 76.9 Å². The molecule has 3 atom stereocenters. The van der Waals surface area contributed by atoms with E-state index in [1.54, 1.807) is 37.3 Å². The number of carbonyl (C=O) groups is 3. The molecule has 0 fully saturated rings. The standard InChI is InChI=1S/C32H41IN2O9/c1-19(2)12-29(38)35(10-8-21-15-23(41-3)6-7-26(21)42-4)25-16-22(32(40)34-9-11-36)17-27(30(25)39)44-31-24(33)13-20(18-37)14-28(31)43-5/h6-7,13-15,17-19,25,27,30,36,39H,8-12,16H2,1-5H3,(H,34,40)/t25-,27+,30+/m1/s1. The van der Waals surface area contributed by atoms with Gasteiger partial charge in [-0.15, -0.1) is 0 Å². The molecule has 3 N–H and O–H groups in total.